The summed E-state index contributed by atoms with van der Waals surface area (Å²) in [5.41, 5.74) is 4.03. The van der Waals surface area contributed by atoms with Crippen LogP contribution in [-0.4, -0.2) is 68.3 Å². The number of hydrogen-bond acceptors (Lipinski definition) is 6. The van der Waals surface area contributed by atoms with Crippen LogP contribution in [0.5, 0.6) is 0 Å². The predicted molar refractivity (Wildman–Crippen MR) is 114 cm³/mol. The van der Waals surface area contributed by atoms with Crippen molar-refractivity contribution in [2.24, 2.45) is 0 Å². The van der Waals surface area contributed by atoms with Gasteiger partial charge in [-0.1, -0.05) is 12.1 Å². The summed E-state index contributed by atoms with van der Waals surface area (Å²) in [5.74, 6) is 3.04. The van der Waals surface area contributed by atoms with Crippen molar-refractivity contribution in [1.29, 1.82) is 0 Å². The molecule has 158 valence electrons. The van der Waals surface area contributed by atoms with Crippen LogP contribution in [-0.2, 0) is 25.9 Å². The van der Waals surface area contributed by atoms with Gasteiger partial charge in [-0.05, 0) is 39.7 Å². The minimum Gasteiger partial charge on any atom is -0.360 e. The number of hydrogen-bond donors (Lipinski definition) is 0. The van der Waals surface area contributed by atoms with Crippen LogP contribution in [0.4, 0.5) is 0 Å². The first-order chi connectivity index (χ1) is 14.1. The fourth-order valence-electron chi connectivity index (χ4n) is 4.40. The Labute approximate surface area is 176 Å². The summed E-state index contributed by atoms with van der Waals surface area (Å²) in [6.45, 7) is 7.37. The molecular weight excluding hydrogens is 386 g/mol. The molecule has 0 saturated carbocycles. The predicted octanol–water partition coefficient (Wildman–Crippen LogP) is 2.77. The lowest BCUT2D eigenvalue weighted by atomic mass is 9.90. The average molecular weight is 418 g/mol. The van der Waals surface area contributed by atoms with Gasteiger partial charge in [0, 0.05) is 54.5 Å². The van der Waals surface area contributed by atoms with Crippen LogP contribution >= 0.6 is 11.8 Å². The second kappa shape index (κ2) is 8.92. The Kier molecular flexibility index (Phi) is 6.29. The van der Waals surface area contributed by atoms with E-state index in [4.69, 9.17) is 9.62 Å². The van der Waals surface area contributed by atoms with Crippen LogP contribution in [0, 0.1) is 6.92 Å². The average Bonchev–Trinajstić information content (AvgIpc) is 3.31. The molecule has 0 spiro atoms. The Bertz CT molecular complexity index is 855. The van der Waals surface area contributed by atoms with Crippen LogP contribution < -0.4 is 0 Å². The number of likely N-dealkylation sites (N-methyl/N-ethyl adjacent to an activating group) is 1. The van der Waals surface area contributed by atoms with Gasteiger partial charge >= 0.3 is 0 Å². The molecule has 29 heavy (non-hydrogen) atoms. The second-order valence-corrected chi connectivity index (χ2v) is 9.37. The number of aryl methyl sites for hydroxylation is 2. The van der Waals surface area contributed by atoms with Gasteiger partial charge in [-0.2, -0.15) is 16.9 Å². The van der Waals surface area contributed by atoms with Crippen molar-refractivity contribution >= 4 is 17.7 Å². The third-order valence-corrected chi connectivity index (χ3v) is 6.90. The summed E-state index contributed by atoms with van der Waals surface area (Å²) in [6, 6.07) is 2.36. The number of fused-ring (bicyclic) bond motifs is 1. The van der Waals surface area contributed by atoms with Crippen molar-refractivity contribution in [3.8, 4) is 0 Å². The van der Waals surface area contributed by atoms with Gasteiger partial charge in [0.25, 0.3) is 5.91 Å². The molecule has 3 heterocycles. The minimum atomic E-state index is 0.116. The summed E-state index contributed by atoms with van der Waals surface area (Å²) in [5, 5.41) is 8.81. The summed E-state index contributed by atoms with van der Waals surface area (Å²) >= 11 is 1.92. The van der Waals surface area contributed by atoms with E-state index in [1.807, 2.05) is 29.7 Å². The number of aromatic nitrogens is 3. The smallest absolute Gasteiger partial charge is 0.274 e. The number of carbonyl (C=O) groups excluding carboxylic acids is 1. The molecule has 4 rings (SSSR count). The highest BCUT2D eigenvalue weighted by atomic mass is 32.2. The molecule has 1 amide bonds. The van der Waals surface area contributed by atoms with Crippen molar-refractivity contribution in [3.63, 3.8) is 0 Å². The van der Waals surface area contributed by atoms with Crippen LogP contribution in [0.1, 0.15) is 53.0 Å². The number of thioether (sulfide) groups is 1. The minimum absolute atomic E-state index is 0.116. The van der Waals surface area contributed by atoms with Crippen molar-refractivity contribution in [2.45, 2.75) is 58.7 Å². The molecule has 8 heteroatoms. The normalized spacial score (nSPS) is 19.6. The van der Waals surface area contributed by atoms with Gasteiger partial charge in [0.05, 0.1) is 12.2 Å². The lowest BCUT2D eigenvalue weighted by Crippen LogP contribution is -2.40. The molecule has 1 unspecified atom stereocenters. The Morgan fingerprint density at radius 3 is 2.86 bits per heavy atom. The van der Waals surface area contributed by atoms with Gasteiger partial charge in [0.15, 0.2) is 11.5 Å². The maximum Gasteiger partial charge on any atom is 0.274 e. The van der Waals surface area contributed by atoms with E-state index in [0.29, 0.717) is 11.7 Å². The maximum atomic E-state index is 13.3. The maximum absolute atomic E-state index is 13.3. The number of nitrogens with zero attached hydrogens (tertiary/aromatic N) is 5. The Morgan fingerprint density at radius 1 is 1.38 bits per heavy atom. The van der Waals surface area contributed by atoms with Gasteiger partial charge < -0.3 is 9.42 Å². The topological polar surface area (TPSA) is 67.4 Å². The molecule has 1 aliphatic carbocycles. The van der Waals surface area contributed by atoms with Crippen molar-refractivity contribution < 1.29 is 9.32 Å². The first kappa shape index (κ1) is 20.5. The van der Waals surface area contributed by atoms with Gasteiger partial charge in [-0.3, -0.25) is 14.4 Å². The van der Waals surface area contributed by atoms with E-state index in [0.717, 1.165) is 74.8 Å². The van der Waals surface area contributed by atoms with Crippen molar-refractivity contribution in [2.75, 3.05) is 31.6 Å². The summed E-state index contributed by atoms with van der Waals surface area (Å²) in [7, 11) is 2.13. The zero-order valence-electron chi connectivity index (χ0n) is 17.7. The standard InChI is InChI=1S/C21H31N5O2S/c1-4-7-26-19-6-5-16(24(3)14-17-12-15(2)23-28-17)13-18(19)20(22-26)21(27)25-8-10-29-11-9-25/h12,16H,4-11,13-14H2,1-3H3. The van der Waals surface area contributed by atoms with Crippen LogP contribution in [0.3, 0.4) is 0 Å². The van der Waals surface area contributed by atoms with E-state index in [2.05, 4.69) is 28.7 Å². The molecule has 0 bridgehead atoms. The van der Waals surface area contributed by atoms with Gasteiger partial charge in [-0.25, -0.2) is 0 Å². The van der Waals surface area contributed by atoms with E-state index in [1.54, 1.807) is 0 Å². The van der Waals surface area contributed by atoms with E-state index < -0.39 is 0 Å². The highest BCUT2D eigenvalue weighted by molar-refractivity contribution is 7.99. The first-order valence-corrected chi connectivity index (χ1v) is 11.8. The summed E-state index contributed by atoms with van der Waals surface area (Å²) in [6.07, 6.45) is 3.93. The number of rotatable bonds is 6. The van der Waals surface area contributed by atoms with E-state index >= 15 is 0 Å². The molecule has 7 nitrogen and oxygen atoms in total. The molecule has 0 aromatic carbocycles. The summed E-state index contributed by atoms with van der Waals surface area (Å²) < 4.78 is 7.50. The zero-order valence-corrected chi connectivity index (χ0v) is 18.5. The second-order valence-electron chi connectivity index (χ2n) is 8.15. The van der Waals surface area contributed by atoms with Gasteiger partial charge in [0.2, 0.25) is 0 Å². The van der Waals surface area contributed by atoms with E-state index in [9.17, 15) is 4.79 Å². The molecule has 0 radical (unpaired) electrons. The molecule has 1 fully saturated rings. The third kappa shape index (κ3) is 4.38. The molecule has 0 N–H and O–H groups in total. The fourth-order valence-corrected chi connectivity index (χ4v) is 5.30. The molecule has 1 aliphatic heterocycles. The monoisotopic (exact) mass is 417 g/mol. The lowest BCUT2D eigenvalue weighted by molar-refractivity contribution is 0.0763. The highest BCUT2D eigenvalue weighted by Gasteiger charge is 2.33. The molecular formula is C21H31N5O2S. The van der Waals surface area contributed by atoms with E-state index in [1.165, 1.54) is 11.3 Å². The van der Waals surface area contributed by atoms with E-state index in [-0.39, 0.29) is 5.91 Å². The van der Waals surface area contributed by atoms with Crippen LogP contribution in [0.25, 0.3) is 0 Å². The quantitative estimate of drug-likeness (QED) is 0.720. The van der Waals surface area contributed by atoms with Crippen LogP contribution in [0.15, 0.2) is 10.6 Å². The largest absolute Gasteiger partial charge is 0.360 e. The number of carbonyl (C=O) groups is 1. The molecule has 2 aromatic heterocycles. The zero-order chi connectivity index (χ0) is 20.4. The first-order valence-electron chi connectivity index (χ1n) is 10.6. The highest BCUT2D eigenvalue weighted by Crippen LogP contribution is 2.29. The number of amides is 1. The summed E-state index contributed by atoms with van der Waals surface area (Å²) in [4.78, 5) is 17.6. The lowest BCUT2D eigenvalue weighted by Gasteiger charge is -2.31. The van der Waals surface area contributed by atoms with Crippen molar-refractivity contribution in [3.05, 3.63) is 34.5 Å². The third-order valence-electron chi connectivity index (χ3n) is 5.96. The SMILES string of the molecule is CCCn1nc(C(=O)N2CCSCC2)c2c1CCC(N(C)Cc1cc(C)no1)C2. The molecule has 1 atom stereocenters. The molecule has 2 aromatic rings. The Morgan fingerprint density at radius 2 is 2.17 bits per heavy atom. The van der Waals surface area contributed by atoms with Gasteiger partial charge in [0.1, 0.15) is 0 Å². The fraction of sp³-hybridized carbons (Fsp3) is 0.667. The Hall–Kier alpha value is -1.80. The van der Waals surface area contributed by atoms with Crippen molar-refractivity contribution in [1.82, 2.24) is 24.7 Å². The Balaban J connectivity index is 1.55. The van der Waals surface area contributed by atoms with Crippen LogP contribution in [0.2, 0.25) is 0 Å². The van der Waals surface area contributed by atoms with Gasteiger partial charge in [-0.15, -0.1) is 0 Å². The molecule has 2 aliphatic rings. The molecule has 1 saturated heterocycles.